The van der Waals surface area contributed by atoms with Crippen LogP contribution in [0.3, 0.4) is 0 Å². The van der Waals surface area contributed by atoms with Crippen molar-refractivity contribution in [3.63, 3.8) is 0 Å². The van der Waals surface area contributed by atoms with Gasteiger partial charge in [-0.15, -0.1) is 0 Å². The predicted octanol–water partition coefficient (Wildman–Crippen LogP) is 4.18. The minimum Gasteiger partial charge on any atom is -0.319 e. The van der Waals surface area contributed by atoms with Gasteiger partial charge in [0, 0.05) is 14.5 Å². The third-order valence-electron chi connectivity index (χ3n) is 3.92. The summed E-state index contributed by atoms with van der Waals surface area (Å²) in [5.41, 5.74) is 0.567. The first-order valence-corrected chi connectivity index (χ1v) is 8.64. The zero-order chi connectivity index (χ0) is 16.6. The molecular formula is C17H14Br2N2O2. The lowest BCUT2D eigenvalue weighted by molar-refractivity contribution is -0.131. The van der Waals surface area contributed by atoms with Crippen LogP contribution in [-0.4, -0.2) is 16.8 Å². The molecule has 0 saturated carbocycles. The average Bonchev–Trinajstić information content (AvgIpc) is 2.72. The van der Waals surface area contributed by atoms with Gasteiger partial charge in [0.15, 0.2) is 0 Å². The Morgan fingerprint density at radius 2 is 1.83 bits per heavy atom. The molecule has 2 aromatic rings. The fraction of sp³-hybridized carbons (Fsp3) is 0.176. The molecule has 3 amide bonds. The van der Waals surface area contributed by atoms with E-state index < -0.39 is 5.54 Å². The number of hydrogen-bond donors (Lipinski definition) is 1. The largest absolute Gasteiger partial charge is 0.325 e. The second-order valence-corrected chi connectivity index (χ2v) is 7.33. The van der Waals surface area contributed by atoms with Crippen LogP contribution in [0.1, 0.15) is 18.1 Å². The van der Waals surface area contributed by atoms with Crippen LogP contribution in [0.15, 0.2) is 57.5 Å². The fourth-order valence-corrected chi connectivity index (χ4v) is 3.84. The number of halogens is 2. The number of carbonyl (C=O) groups excluding carboxylic acids is 2. The van der Waals surface area contributed by atoms with Gasteiger partial charge in [0.25, 0.3) is 5.91 Å². The Bertz CT molecular complexity index is 794. The lowest BCUT2D eigenvalue weighted by Gasteiger charge is -2.23. The number of amides is 3. The highest BCUT2D eigenvalue weighted by atomic mass is 79.9. The van der Waals surface area contributed by atoms with Crippen molar-refractivity contribution < 1.29 is 9.59 Å². The van der Waals surface area contributed by atoms with E-state index in [1.807, 2.05) is 48.5 Å². The molecular weight excluding hydrogens is 424 g/mol. The molecule has 4 nitrogen and oxygen atoms in total. The molecule has 0 spiro atoms. The van der Waals surface area contributed by atoms with Gasteiger partial charge in [0.2, 0.25) is 0 Å². The molecule has 2 aromatic carbocycles. The van der Waals surface area contributed by atoms with Gasteiger partial charge in [0.1, 0.15) is 5.54 Å². The first-order valence-electron chi connectivity index (χ1n) is 7.05. The molecule has 23 heavy (non-hydrogen) atoms. The normalized spacial score (nSPS) is 20.7. The molecule has 1 unspecified atom stereocenters. The number of urea groups is 1. The number of benzene rings is 2. The van der Waals surface area contributed by atoms with Crippen LogP contribution >= 0.6 is 31.9 Å². The van der Waals surface area contributed by atoms with Gasteiger partial charge in [-0.2, -0.15) is 0 Å². The highest BCUT2D eigenvalue weighted by Crippen LogP contribution is 2.34. The SMILES string of the molecule is CC1(c2ccccc2Br)NC(=O)N(Cc2cccc(Br)c2)C1=O. The highest BCUT2D eigenvalue weighted by molar-refractivity contribution is 9.10. The van der Waals surface area contributed by atoms with Crippen molar-refractivity contribution in [2.24, 2.45) is 0 Å². The number of nitrogens with one attached hydrogen (secondary N) is 1. The zero-order valence-corrected chi connectivity index (χ0v) is 15.5. The minimum atomic E-state index is -1.07. The number of carbonyl (C=O) groups is 2. The molecule has 6 heteroatoms. The van der Waals surface area contributed by atoms with Gasteiger partial charge in [-0.1, -0.05) is 62.2 Å². The van der Waals surface area contributed by atoms with E-state index in [1.165, 1.54) is 4.90 Å². The molecule has 1 fully saturated rings. The summed E-state index contributed by atoms with van der Waals surface area (Å²) in [6.07, 6.45) is 0. The van der Waals surface area contributed by atoms with Crippen LogP contribution in [-0.2, 0) is 16.9 Å². The quantitative estimate of drug-likeness (QED) is 0.732. The third-order valence-corrected chi connectivity index (χ3v) is 5.10. The van der Waals surface area contributed by atoms with Crippen molar-refractivity contribution >= 4 is 43.8 Å². The topological polar surface area (TPSA) is 49.4 Å². The van der Waals surface area contributed by atoms with Gasteiger partial charge >= 0.3 is 6.03 Å². The lowest BCUT2D eigenvalue weighted by atomic mass is 9.92. The van der Waals surface area contributed by atoms with Crippen LogP contribution in [0.25, 0.3) is 0 Å². The zero-order valence-electron chi connectivity index (χ0n) is 12.3. The first-order chi connectivity index (χ1) is 10.9. The van der Waals surface area contributed by atoms with Gasteiger partial charge in [-0.25, -0.2) is 4.79 Å². The van der Waals surface area contributed by atoms with Crippen molar-refractivity contribution in [1.82, 2.24) is 10.2 Å². The van der Waals surface area contributed by atoms with E-state index in [0.717, 1.165) is 20.1 Å². The van der Waals surface area contributed by atoms with Crippen molar-refractivity contribution in [3.8, 4) is 0 Å². The smallest absolute Gasteiger partial charge is 0.319 e. The summed E-state index contributed by atoms with van der Waals surface area (Å²) in [7, 11) is 0. The Morgan fingerprint density at radius 1 is 1.09 bits per heavy atom. The summed E-state index contributed by atoms with van der Waals surface area (Å²) in [6.45, 7) is 1.97. The van der Waals surface area contributed by atoms with Crippen molar-refractivity contribution in [1.29, 1.82) is 0 Å². The predicted molar refractivity (Wildman–Crippen MR) is 94.7 cm³/mol. The molecule has 1 heterocycles. The Morgan fingerprint density at radius 3 is 2.52 bits per heavy atom. The Kier molecular flexibility index (Phi) is 4.29. The fourth-order valence-electron chi connectivity index (χ4n) is 2.71. The summed E-state index contributed by atoms with van der Waals surface area (Å²) < 4.78 is 1.70. The summed E-state index contributed by atoms with van der Waals surface area (Å²) in [4.78, 5) is 26.5. The molecule has 0 aromatic heterocycles. The lowest BCUT2D eigenvalue weighted by Crippen LogP contribution is -2.41. The van der Waals surface area contributed by atoms with Crippen LogP contribution in [0.4, 0.5) is 4.79 Å². The van der Waals surface area contributed by atoms with Crippen molar-refractivity contribution in [2.75, 3.05) is 0 Å². The van der Waals surface area contributed by atoms with E-state index in [4.69, 9.17) is 0 Å². The van der Waals surface area contributed by atoms with Crippen LogP contribution in [0, 0.1) is 0 Å². The molecule has 0 radical (unpaired) electrons. The highest BCUT2D eigenvalue weighted by Gasteiger charge is 2.49. The minimum absolute atomic E-state index is 0.240. The Labute approximate surface area is 151 Å². The molecule has 0 aliphatic carbocycles. The van der Waals surface area contributed by atoms with Crippen molar-refractivity contribution in [3.05, 3.63) is 68.6 Å². The third kappa shape index (κ3) is 2.93. The maximum absolute atomic E-state index is 12.9. The summed E-state index contributed by atoms with van der Waals surface area (Å²) in [5, 5.41) is 2.82. The van der Waals surface area contributed by atoms with E-state index >= 15 is 0 Å². The van der Waals surface area contributed by atoms with Gasteiger partial charge in [0.05, 0.1) is 6.54 Å². The molecule has 1 N–H and O–H groups in total. The molecule has 1 atom stereocenters. The molecule has 3 rings (SSSR count). The van der Waals surface area contributed by atoms with E-state index in [9.17, 15) is 9.59 Å². The second kappa shape index (κ2) is 6.09. The van der Waals surface area contributed by atoms with E-state index in [2.05, 4.69) is 37.2 Å². The van der Waals surface area contributed by atoms with E-state index in [1.54, 1.807) is 6.92 Å². The Hall–Kier alpha value is -1.66. The van der Waals surface area contributed by atoms with Gasteiger partial charge in [-0.3, -0.25) is 9.69 Å². The average molecular weight is 438 g/mol. The summed E-state index contributed by atoms with van der Waals surface area (Å²) >= 11 is 6.86. The van der Waals surface area contributed by atoms with Crippen molar-refractivity contribution in [2.45, 2.75) is 19.0 Å². The van der Waals surface area contributed by atoms with E-state index in [-0.39, 0.29) is 18.5 Å². The maximum Gasteiger partial charge on any atom is 0.325 e. The van der Waals surface area contributed by atoms with Gasteiger partial charge < -0.3 is 5.32 Å². The number of rotatable bonds is 3. The maximum atomic E-state index is 12.9. The molecule has 1 saturated heterocycles. The first kappa shape index (κ1) is 16.2. The van der Waals surface area contributed by atoms with E-state index in [0.29, 0.717) is 0 Å². The van der Waals surface area contributed by atoms with Crippen LogP contribution in [0.5, 0.6) is 0 Å². The standard InChI is InChI=1S/C17H14Br2N2O2/c1-17(13-7-2-3-8-14(13)19)15(22)21(16(23)20-17)10-11-5-4-6-12(18)9-11/h2-9H,10H2,1H3,(H,20,23). The molecule has 118 valence electrons. The Balaban J connectivity index is 1.92. The second-order valence-electron chi connectivity index (χ2n) is 5.56. The number of imide groups is 1. The molecule has 1 aliphatic rings. The summed E-state index contributed by atoms with van der Waals surface area (Å²) in [6, 6.07) is 14.6. The monoisotopic (exact) mass is 436 g/mol. The van der Waals surface area contributed by atoms with Crippen LogP contribution < -0.4 is 5.32 Å². The molecule has 1 aliphatic heterocycles. The number of hydrogen-bond acceptors (Lipinski definition) is 2. The number of nitrogens with zero attached hydrogens (tertiary/aromatic N) is 1. The van der Waals surface area contributed by atoms with Crippen LogP contribution in [0.2, 0.25) is 0 Å². The summed E-state index contributed by atoms with van der Waals surface area (Å²) in [5.74, 6) is -0.255. The molecule has 0 bridgehead atoms. The van der Waals surface area contributed by atoms with Gasteiger partial charge in [-0.05, 0) is 30.7 Å².